The Balaban J connectivity index is 1.47. The molecule has 15 heteroatoms. The SMILES string of the molecule is C[C@H](N[P@@](=O)(OC[C@H]1O[C@@H]([n+]2ccc(N)[nH]c2=O)C(F)(F)C1O)Oc1ccccc1)C(=O)OCc1ccccc1. The molecular weight excluding hydrogens is 553 g/mol. The second-order valence-electron chi connectivity index (χ2n) is 8.90. The number of hydrogen-bond acceptors (Lipinski definition) is 9. The third-order valence-electron chi connectivity index (χ3n) is 5.84. The number of ether oxygens (including phenoxy) is 2. The highest BCUT2D eigenvalue weighted by molar-refractivity contribution is 7.52. The van der Waals surface area contributed by atoms with E-state index in [-0.39, 0.29) is 18.2 Å². The van der Waals surface area contributed by atoms with E-state index in [2.05, 4.69) is 10.1 Å². The number of aromatic nitrogens is 2. The molecule has 2 aromatic carbocycles. The van der Waals surface area contributed by atoms with Gasteiger partial charge < -0.3 is 24.8 Å². The van der Waals surface area contributed by atoms with Crippen LogP contribution < -0.4 is 25.6 Å². The lowest BCUT2D eigenvalue weighted by Crippen LogP contribution is -2.60. The lowest BCUT2D eigenvalue weighted by Gasteiger charge is -2.24. The van der Waals surface area contributed by atoms with E-state index in [1.165, 1.54) is 25.1 Å². The Labute approximate surface area is 227 Å². The quantitative estimate of drug-likeness (QED) is 0.150. The van der Waals surface area contributed by atoms with Crippen molar-refractivity contribution in [3.8, 4) is 5.75 Å². The van der Waals surface area contributed by atoms with Crippen LogP contribution in [0.4, 0.5) is 14.6 Å². The fourth-order valence-corrected chi connectivity index (χ4v) is 5.28. The highest BCUT2D eigenvalue weighted by Crippen LogP contribution is 2.47. The number of benzene rings is 2. The highest BCUT2D eigenvalue weighted by atomic mass is 31.2. The molecule has 2 heterocycles. The molecule has 0 radical (unpaired) electrons. The molecule has 1 aliphatic heterocycles. The minimum Gasteiger partial charge on any atom is -0.460 e. The van der Waals surface area contributed by atoms with Gasteiger partial charge in [0.15, 0.2) is 11.9 Å². The van der Waals surface area contributed by atoms with E-state index in [9.17, 15) is 28.0 Å². The average molecular weight is 581 g/mol. The topological polar surface area (TPSA) is 166 Å². The molecule has 3 aromatic rings. The summed E-state index contributed by atoms with van der Waals surface area (Å²) in [6, 6.07) is 16.6. The molecule has 1 aliphatic rings. The first-order valence-electron chi connectivity index (χ1n) is 12.1. The van der Waals surface area contributed by atoms with Gasteiger partial charge in [-0.05, 0) is 24.6 Å². The Morgan fingerprint density at radius 3 is 2.50 bits per heavy atom. The number of carbonyl (C=O) groups is 1. The van der Waals surface area contributed by atoms with E-state index < -0.39 is 56.4 Å². The number of alkyl halides is 2. The second kappa shape index (κ2) is 12.2. The van der Waals surface area contributed by atoms with Crippen LogP contribution in [0.1, 0.15) is 18.7 Å². The Bertz CT molecular complexity index is 1410. The lowest BCUT2D eigenvalue weighted by atomic mass is 10.1. The van der Waals surface area contributed by atoms with Crippen LogP contribution in [-0.2, 0) is 30.0 Å². The number of nitrogens with one attached hydrogen (secondary N) is 2. The van der Waals surface area contributed by atoms with Crippen molar-refractivity contribution in [2.45, 2.75) is 43.9 Å². The number of aromatic amines is 1. The van der Waals surface area contributed by atoms with Crippen LogP contribution in [0.25, 0.3) is 0 Å². The van der Waals surface area contributed by atoms with Crippen molar-refractivity contribution in [2.75, 3.05) is 12.3 Å². The van der Waals surface area contributed by atoms with E-state index in [4.69, 9.17) is 24.3 Å². The molecule has 0 amide bonds. The van der Waals surface area contributed by atoms with Crippen molar-refractivity contribution in [1.82, 2.24) is 10.1 Å². The first kappa shape index (κ1) is 29.3. The molecule has 1 saturated heterocycles. The number of para-hydroxylation sites is 1. The van der Waals surface area contributed by atoms with Crippen molar-refractivity contribution in [3.63, 3.8) is 0 Å². The summed E-state index contributed by atoms with van der Waals surface area (Å²) in [6.45, 7) is 0.452. The number of H-pyrrole nitrogens is 1. The predicted molar refractivity (Wildman–Crippen MR) is 136 cm³/mol. The maximum absolute atomic E-state index is 14.9. The number of hydrogen-bond donors (Lipinski definition) is 4. The largest absolute Gasteiger partial charge is 0.499 e. The van der Waals surface area contributed by atoms with Crippen LogP contribution in [0.5, 0.6) is 5.75 Å². The number of carbonyl (C=O) groups excluding carboxylic acids is 1. The van der Waals surface area contributed by atoms with Gasteiger partial charge in [0, 0.05) is 6.07 Å². The molecule has 0 bridgehead atoms. The normalized spacial score (nSPS) is 22.2. The van der Waals surface area contributed by atoms with Gasteiger partial charge >= 0.3 is 25.3 Å². The van der Waals surface area contributed by atoms with Crippen molar-refractivity contribution < 1.29 is 46.3 Å². The molecular formula is C25H28F2N4O8P+. The zero-order chi connectivity index (χ0) is 28.9. The monoisotopic (exact) mass is 581 g/mol. The number of nitrogens with zero attached hydrogens (tertiary/aromatic N) is 1. The van der Waals surface area contributed by atoms with Crippen molar-refractivity contribution in [3.05, 3.63) is 89.0 Å². The van der Waals surface area contributed by atoms with Crippen LogP contribution in [-0.4, -0.2) is 46.8 Å². The van der Waals surface area contributed by atoms with Crippen LogP contribution in [0.2, 0.25) is 0 Å². The first-order valence-corrected chi connectivity index (χ1v) is 13.6. The molecule has 40 heavy (non-hydrogen) atoms. The van der Waals surface area contributed by atoms with Gasteiger partial charge in [-0.25, -0.2) is 4.57 Å². The van der Waals surface area contributed by atoms with Gasteiger partial charge in [-0.1, -0.05) is 48.5 Å². The predicted octanol–water partition coefficient (Wildman–Crippen LogP) is 2.06. The zero-order valence-electron chi connectivity index (χ0n) is 21.2. The van der Waals surface area contributed by atoms with Crippen LogP contribution in [0.3, 0.4) is 0 Å². The van der Waals surface area contributed by atoms with Crippen molar-refractivity contribution in [2.24, 2.45) is 0 Å². The van der Waals surface area contributed by atoms with Gasteiger partial charge in [-0.15, -0.1) is 0 Å². The summed E-state index contributed by atoms with van der Waals surface area (Å²) in [4.78, 5) is 26.9. The van der Waals surface area contributed by atoms with Gasteiger partial charge in [0.2, 0.25) is 0 Å². The molecule has 1 fully saturated rings. The minimum absolute atomic E-state index is 0.0447. The second-order valence-corrected chi connectivity index (χ2v) is 10.6. The molecule has 1 aromatic heterocycles. The van der Waals surface area contributed by atoms with Gasteiger partial charge in [-0.2, -0.15) is 28.2 Å². The maximum Gasteiger partial charge on any atom is 0.499 e. The number of esters is 1. The molecule has 214 valence electrons. The molecule has 0 spiro atoms. The summed E-state index contributed by atoms with van der Waals surface area (Å²) in [6.07, 6.45) is -5.41. The third-order valence-corrected chi connectivity index (χ3v) is 7.48. The molecule has 1 unspecified atom stereocenters. The van der Waals surface area contributed by atoms with Crippen molar-refractivity contribution >= 4 is 19.5 Å². The number of nitrogens with two attached hydrogens (primary N) is 1. The average Bonchev–Trinajstić information content (AvgIpc) is 3.15. The van der Waals surface area contributed by atoms with E-state index >= 15 is 0 Å². The lowest BCUT2D eigenvalue weighted by molar-refractivity contribution is -0.789. The summed E-state index contributed by atoms with van der Waals surface area (Å²) < 4.78 is 65.4. The van der Waals surface area contributed by atoms with Gasteiger partial charge in [-0.3, -0.25) is 9.32 Å². The fraction of sp³-hybridized carbons (Fsp3) is 0.320. The Morgan fingerprint density at radius 2 is 1.85 bits per heavy atom. The standard InChI is InChI=1S/C25H27F2N4O8P/c1-16(22(33)36-14-17-8-4-2-5-9-17)30-40(35,39-18-10-6-3-7-11-18)37-15-19-21(32)25(26,27)23(38-19)31-13-12-20(28)29-24(31)34/h2-13,16,19,21,23,32H,14-15H2,1H3,(H3,28,29,30,34,35)/p+1/t16-,19+,21?,23+,40+/m0/s1. The zero-order valence-corrected chi connectivity index (χ0v) is 22.1. The van der Waals surface area contributed by atoms with Gasteiger partial charge in [0.05, 0.1) is 6.61 Å². The van der Waals surface area contributed by atoms with E-state index in [0.717, 1.165) is 11.8 Å². The van der Waals surface area contributed by atoms with Crippen LogP contribution in [0, 0.1) is 0 Å². The number of aliphatic hydroxyl groups excluding tert-OH is 1. The molecule has 0 saturated carbocycles. The smallest absolute Gasteiger partial charge is 0.460 e. The Morgan fingerprint density at radius 1 is 1.20 bits per heavy atom. The van der Waals surface area contributed by atoms with E-state index in [1.807, 2.05) is 0 Å². The number of aliphatic hydroxyl groups is 1. The minimum atomic E-state index is -4.45. The number of anilines is 1. The summed E-state index contributed by atoms with van der Waals surface area (Å²) in [7, 11) is -4.45. The highest BCUT2D eigenvalue weighted by Gasteiger charge is 2.62. The van der Waals surface area contributed by atoms with Crippen molar-refractivity contribution in [1.29, 1.82) is 0 Å². The maximum atomic E-state index is 14.9. The van der Waals surface area contributed by atoms with Gasteiger partial charge in [0.1, 0.15) is 30.7 Å². The third kappa shape index (κ3) is 6.90. The first-order chi connectivity index (χ1) is 19.0. The number of nitrogen functional groups attached to an aromatic ring is 1. The van der Waals surface area contributed by atoms with Crippen LogP contribution in [0.15, 0.2) is 77.7 Å². The summed E-state index contributed by atoms with van der Waals surface area (Å²) in [5.41, 5.74) is 5.19. The molecule has 12 nitrogen and oxygen atoms in total. The fourth-order valence-electron chi connectivity index (χ4n) is 3.77. The Kier molecular flexibility index (Phi) is 8.96. The molecule has 4 rings (SSSR count). The Hall–Kier alpha value is -3.68. The molecule has 0 aliphatic carbocycles. The van der Waals surface area contributed by atoms with E-state index in [1.54, 1.807) is 48.5 Å². The summed E-state index contributed by atoms with van der Waals surface area (Å²) in [5, 5.41) is 12.7. The van der Waals surface area contributed by atoms with E-state index in [0.29, 0.717) is 4.57 Å². The number of halogens is 2. The molecule has 5 N–H and O–H groups in total. The summed E-state index contributed by atoms with van der Waals surface area (Å²) >= 11 is 0. The summed E-state index contributed by atoms with van der Waals surface area (Å²) in [5.74, 6) is -4.70. The van der Waals surface area contributed by atoms with Crippen LogP contribution >= 0.6 is 7.75 Å². The molecule has 5 atom stereocenters. The van der Waals surface area contributed by atoms with Gasteiger partial charge in [0.25, 0.3) is 6.23 Å². The number of rotatable bonds is 11.